The van der Waals surface area contributed by atoms with Gasteiger partial charge < -0.3 is 0 Å². The molecule has 1 aliphatic heterocycles. The topological polar surface area (TPSA) is 46.2 Å². The highest BCUT2D eigenvalue weighted by atomic mass is 16.2. The molecule has 4 aliphatic rings. The molecule has 78 valence electrons. The van der Waals surface area contributed by atoms with Crippen molar-refractivity contribution in [2.24, 2.45) is 23.7 Å². The summed E-state index contributed by atoms with van der Waals surface area (Å²) in [5.74, 6) is 1.58. The molecule has 1 N–H and O–H groups in total. The van der Waals surface area contributed by atoms with Gasteiger partial charge in [0.05, 0.1) is 0 Å². The fourth-order valence-corrected chi connectivity index (χ4v) is 3.13. The highest BCUT2D eigenvalue weighted by Gasteiger charge is 2.47. The van der Waals surface area contributed by atoms with Crippen molar-refractivity contribution in [1.82, 2.24) is 5.32 Å². The summed E-state index contributed by atoms with van der Waals surface area (Å²) in [5.41, 5.74) is 1.20. The lowest BCUT2D eigenvalue weighted by Crippen LogP contribution is -2.41. The summed E-state index contributed by atoms with van der Waals surface area (Å²) in [7, 11) is 0. The summed E-state index contributed by atoms with van der Waals surface area (Å²) in [6.07, 6.45) is 3.98. The molecule has 0 atom stereocenters. The van der Waals surface area contributed by atoms with E-state index in [1.807, 2.05) is 12.2 Å². The minimum atomic E-state index is -0.224. The second kappa shape index (κ2) is 2.60. The van der Waals surface area contributed by atoms with E-state index < -0.39 is 0 Å². The summed E-state index contributed by atoms with van der Waals surface area (Å²) in [6.45, 7) is 4.37. The Bertz CT molecular complexity index is 385. The van der Waals surface area contributed by atoms with E-state index in [1.165, 1.54) is 0 Å². The Labute approximate surface area is 88.2 Å². The van der Waals surface area contributed by atoms with E-state index in [9.17, 15) is 9.59 Å². The predicted molar refractivity (Wildman–Crippen MR) is 54.6 cm³/mol. The number of nitrogens with one attached hydrogen (secondary N) is 1. The lowest BCUT2D eigenvalue weighted by Gasteiger charge is -2.46. The number of hydrogen-bond acceptors (Lipinski definition) is 2. The van der Waals surface area contributed by atoms with Crippen LogP contribution in [0.1, 0.15) is 13.8 Å². The van der Waals surface area contributed by atoms with Crippen LogP contribution in [-0.2, 0) is 9.59 Å². The number of imide groups is 1. The number of allylic oxidation sites excluding steroid dienone is 2. The number of amides is 2. The first-order valence-corrected chi connectivity index (χ1v) is 5.39. The molecule has 1 saturated heterocycles. The standard InChI is InChI=1S/C12H13NO2/c1-5-7-3-9-10(4-8(5)6(7)2)12(15)13-11(9)14/h3-8H,1-2H3,(H,13,14,15). The van der Waals surface area contributed by atoms with Gasteiger partial charge in [-0.3, -0.25) is 14.9 Å². The molecule has 0 unspecified atom stereocenters. The highest BCUT2D eigenvalue weighted by Crippen LogP contribution is 2.51. The van der Waals surface area contributed by atoms with Crippen molar-refractivity contribution in [1.29, 1.82) is 0 Å². The predicted octanol–water partition coefficient (Wildman–Crippen LogP) is 1.03. The van der Waals surface area contributed by atoms with Crippen molar-refractivity contribution in [3.63, 3.8) is 0 Å². The maximum absolute atomic E-state index is 11.5. The number of carbonyl (C=O) groups is 2. The quantitative estimate of drug-likeness (QED) is 0.598. The van der Waals surface area contributed by atoms with Crippen molar-refractivity contribution in [3.05, 3.63) is 23.3 Å². The van der Waals surface area contributed by atoms with Crippen LogP contribution in [0.4, 0.5) is 0 Å². The highest BCUT2D eigenvalue weighted by molar-refractivity contribution is 6.24. The molecule has 3 aliphatic carbocycles. The van der Waals surface area contributed by atoms with Gasteiger partial charge >= 0.3 is 0 Å². The van der Waals surface area contributed by atoms with E-state index in [-0.39, 0.29) is 11.8 Å². The molecule has 0 aromatic rings. The minimum absolute atomic E-state index is 0.224. The SMILES string of the molecule is CC1C2C=C3C(=O)NC(=O)C3=CC1C2C. The van der Waals surface area contributed by atoms with Gasteiger partial charge in [0.25, 0.3) is 11.8 Å². The molecule has 15 heavy (non-hydrogen) atoms. The second-order valence-electron chi connectivity index (χ2n) is 4.82. The third-order valence-electron chi connectivity index (χ3n) is 4.15. The van der Waals surface area contributed by atoms with Gasteiger partial charge in [0.15, 0.2) is 0 Å². The van der Waals surface area contributed by atoms with Gasteiger partial charge in [0, 0.05) is 11.1 Å². The van der Waals surface area contributed by atoms with Gasteiger partial charge in [-0.15, -0.1) is 0 Å². The number of rotatable bonds is 0. The van der Waals surface area contributed by atoms with E-state index in [1.54, 1.807) is 0 Å². The zero-order valence-electron chi connectivity index (χ0n) is 8.78. The number of carbonyl (C=O) groups excluding carboxylic acids is 2. The fraction of sp³-hybridized carbons (Fsp3) is 0.500. The molecule has 3 nitrogen and oxygen atoms in total. The van der Waals surface area contributed by atoms with Gasteiger partial charge in [-0.1, -0.05) is 26.0 Å². The Morgan fingerprint density at radius 3 is 1.73 bits per heavy atom. The Morgan fingerprint density at radius 1 is 0.933 bits per heavy atom. The molecule has 0 spiro atoms. The minimum Gasteiger partial charge on any atom is -0.288 e. The molecular weight excluding hydrogens is 190 g/mol. The van der Waals surface area contributed by atoms with Crippen molar-refractivity contribution >= 4 is 11.8 Å². The molecule has 3 heteroatoms. The zero-order chi connectivity index (χ0) is 10.7. The zero-order valence-corrected chi connectivity index (χ0v) is 8.78. The van der Waals surface area contributed by atoms with Crippen LogP contribution in [0, 0.1) is 23.7 Å². The fourth-order valence-electron chi connectivity index (χ4n) is 3.13. The summed E-state index contributed by atoms with van der Waals surface area (Å²) < 4.78 is 0. The molecule has 2 amide bonds. The van der Waals surface area contributed by atoms with Crippen LogP contribution in [0.2, 0.25) is 0 Å². The normalized spacial score (nSPS) is 42.3. The summed E-state index contributed by atoms with van der Waals surface area (Å²) in [6, 6.07) is 0. The van der Waals surface area contributed by atoms with Crippen molar-refractivity contribution < 1.29 is 9.59 Å². The van der Waals surface area contributed by atoms with Gasteiger partial charge in [0.2, 0.25) is 0 Å². The van der Waals surface area contributed by atoms with Crippen molar-refractivity contribution in [2.75, 3.05) is 0 Å². The van der Waals surface area contributed by atoms with E-state index in [0.29, 0.717) is 34.8 Å². The second-order valence-corrected chi connectivity index (χ2v) is 4.82. The van der Waals surface area contributed by atoms with E-state index >= 15 is 0 Å². The van der Waals surface area contributed by atoms with Gasteiger partial charge in [-0.2, -0.15) is 0 Å². The summed E-state index contributed by atoms with van der Waals surface area (Å²) >= 11 is 0. The average molecular weight is 203 g/mol. The van der Waals surface area contributed by atoms with Crippen LogP contribution in [0.3, 0.4) is 0 Å². The molecule has 0 aromatic heterocycles. The van der Waals surface area contributed by atoms with Crippen molar-refractivity contribution in [3.8, 4) is 0 Å². The largest absolute Gasteiger partial charge is 0.288 e. The summed E-state index contributed by atoms with van der Waals surface area (Å²) in [5, 5.41) is 2.34. The maximum atomic E-state index is 11.5. The Hall–Kier alpha value is -1.38. The molecule has 0 radical (unpaired) electrons. The summed E-state index contributed by atoms with van der Waals surface area (Å²) in [4.78, 5) is 23.0. The van der Waals surface area contributed by atoms with Crippen LogP contribution in [0.5, 0.6) is 0 Å². The Balaban J connectivity index is 2.13. The monoisotopic (exact) mass is 203 g/mol. The third-order valence-corrected chi connectivity index (χ3v) is 4.15. The van der Waals surface area contributed by atoms with Gasteiger partial charge in [0.1, 0.15) is 0 Å². The van der Waals surface area contributed by atoms with E-state index in [0.717, 1.165) is 0 Å². The Kier molecular flexibility index (Phi) is 1.54. The molecule has 2 fully saturated rings. The molecule has 0 aromatic carbocycles. The third kappa shape index (κ3) is 0.954. The van der Waals surface area contributed by atoms with Crippen molar-refractivity contribution in [2.45, 2.75) is 13.8 Å². The van der Waals surface area contributed by atoms with Crippen LogP contribution in [-0.4, -0.2) is 11.8 Å². The van der Waals surface area contributed by atoms with Crippen LogP contribution in [0.25, 0.3) is 0 Å². The van der Waals surface area contributed by atoms with Gasteiger partial charge in [-0.05, 0) is 23.7 Å². The lowest BCUT2D eigenvalue weighted by molar-refractivity contribution is -0.123. The first kappa shape index (κ1) is 8.89. The molecular formula is C12H13NO2. The van der Waals surface area contributed by atoms with E-state index in [2.05, 4.69) is 19.2 Å². The van der Waals surface area contributed by atoms with Crippen LogP contribution >= 0.6 is 0 Å². The molecule has 1 saturated carbocycles. The average Bonchev–Trinajstić information content (AvgIpc) is 2.40. The first-order chi connectivity index (χ1) is 7.09. The van der Waals surface area contributed by atoms with Gasteiger partial charge in [-0.25, -0.2) is 0 Å². The lowest BCUT2D eigenvalue weighted by atomic mass is 9.58. The Morgan fingerprint density at radius 2 is 1.33 bits per heavy atom. The number of hydrogen-bond donors (Lipinski definition) is 1. The smallest absolute Gasteiger partial charge is 0.258 e. The maximum Gasteiger partial charge on any atom is 0.258 e. The first-order valence-electron chi connectivity index (χ1n) is 5.39. The molecule has 4 rings (SSSR count). The van der Waals surface area contributed by atoms with Crippen LogP contribution < -0.4 is 5.32 Å². The molecule has 1 heterocycles. The molecule has 2 bridgehead atoms. The van der Waals surface area contributed by atoms with E-state index in [4.69, 9.17) is 0 Å². The van der Waals surface area contributed by atoms with Crippen LogP contribution in [0.15, 0.2) is 23.3 Å².